The van der Waals surface area contributed by atoms with Gasteiger partial charge in [0.2, 0.25) is 23.9 Å². The van der Waals surface area contributed by atoms with Gasteiger partial charge in [-0.25, -0.2) is 14.4 Å². The van der Waals surface area contributed by atoms with E-state index in [-0.39, 0.29) is 42.9 Å². The Morgan fingerprint density at radius 2 is 1.76 bits per heavy atom. The summed E-state index contributed by atoms with van der Waals surface area (Å²) in [6.45, 7) is 1.45. The number of para-hydroxylation sites is 1. The number of urea groups is 1. The lowest BCUT2D eigenvalue weighted by molar-refractivity contribution is -0.139. The molecule has 1 saturated heterocycles. The SMILES string of the molecule is CC(C(NC(=O)C(CCS(C)=O)NC(=O)NC(Cc1c[nH]c2ccccc12)C(=O)O)C(=O)N/C=C1\CC(O)C(n2ccc(=O)[nH]c2=O)O1)N(C)C(=O)C(N)Cc1cccc(O)c1. The highest BCUT2D eigenvalue weighted by atomic mass is 32.2. The van der Waals surface area contributed by atoms with Crippen molar-refractivity contribution in [2.45, 2.75) is 75.1 Å². The average molecular weight is 880 g/mol. The van der Waals surface area contributed by atoms with Crippen molar-refractivity contribution in [3.05, 3.63) is 111 Å². The molecule has 1 aliphatic rings. The Bertz CT molecular complexity index is 2470. The second-order valence-corrected chi connectivity index (χ2v) is 16.3. The number of nitrogens with two attached hydrogens (primary N) is 1. The van der Waals surface area contributed by atoms with Crippen LogP contribution in [0.5, 0.6) is 5.75 Å². The number of aliphatic hydroxyl groups is 1. The number of benzene rings is 2. The van der Waals surface area contributed by atoms with E-state index in [1.54, 1.807) is 36.5 Å². The lowest BCUT2D eigenvalue weighted by Crippen LogP contribution is -2.62. The van der Waals surface area contributed by atoms with Gasteiger partial charge in [-0.15, -0.1) is 0 Å². The third kappa shape index (κ3) is 11.9. The van der Waals surface area contributed by atoms with Gasteiger partial charge in [-0.05, 0) is 49.1 Å². The van der Waals surface area contributed by atoms with Gasteiger partial charge in [0.15, 0.2) is 0 Å². The fraction of sp³-hybridized carbons (Fsp3) is 0.375. The number of aromatic amines is 2. The number of aromatic hydroxyl groups is 1. The van der Waals surface area contributed by atoms with Gasteiger partial charge in [0.05, 0.1) is 12.1 Å². The Balaban J connectivity index is 1.36. The van der Waals surface area contributed by atoms with Gasteiger partial charge >= 0.3 is 17.7 Å². The molecule has 1 aliphatic heterocycles. The fourth-order valence-corrected chi connectivity index (χ4v) is 7.36. The predicted molar refractivity (Wildman–Crippen MR) is 225 cm³/mol. The van der Waals surface area contributed by atoms with Crippen LogP contribution in [0.3, 0.4) is 0 Å². The van der Waals surface area contributed by atoms with Crippen molar-refractivity contribution in [2.75, 3.05) is 19.1 Å². The highest BCUT2D eigenvalue weighted by Crippen LogP contribution is 2.30. The quantitative estimate of drug-likeness (QED) is 0.0574. The van der Waals surface area contributed by atoms with E-state index < -0.39 is 94.3 Å². The summed E-state index contributed by atoms with van der Waals surface area (Å²) in [5.41, 5.74) is 6.67. The number of ether oxygens (including phenoxy) is 1. The number of aliphatic hydroxyl groups excluding tert-OH is 1. The average Bonchev–Trinajstić information content (AvgIpc) is 3.81. The van der Waals surface area contributed by atoms with E-state index in [2.05, 4.69) is 31.2 Å². The molecule has 0 spiro atoms. The number of likely N-dealkylation sites (N-methyl/N-ethyl adjacent to an activating group) is 1. The lowest BCUT2D eigenvalue weighted by atomic mass is 10.0. The number of hydrogen-bond acceptors (Lipinski definition) is 12. The number of aromatic nitrogens is 3. The second kappa shape index (κ2) is 20.7. The number of hydrogen-bond donors (Lipinski definition) is 10. The standard InChI is InChI=1S/C40H49N9O12S/c1-21(48(2)36(55)27(41)16-22-7-6-8-24(50)15-22)33(35(54)43-20-25-18-31(51)37(61-25)49-13-11-32(52)46-40(49)59)47-34(53)29(12-14-62(3)60)44-39(58)45-30(38(56)57)17-23-19-42-28-10-5-4-9-26(23)28/h4-11,13,15,19-21,27,29-31,33,37,42,50-51H,12,14,16-18,41H2,1-3H3,(H,43,54)(H,47,53)(H,56,57)(H2,44,45,58)(H,46,52,59)/b25-20+. The summed E-state index contributed by atoms with van der Waals surface area (Å²) in [5, 5.41) is 41.2. The molecule has 8 atom stereocenters. The topological polar surface area (TPSA) is 320 Å². The zero-order valence-corrected chi connectivity index (χ0v) is 34.7. The first kappa shape index (κ1) is 46.3. The van der Waals surface area contributed by atoms with Gasteiger partial charge in [-0.1, -0.05) is 30.3 Å². The lowest BCUT2D eigenvalue weighted by Gasteiger charge is -2.34. The molecule has 0 saturated carbocycles. The maximum Gasteiger partial charge on any atom is 0.331 e. The molecular formula is C40H49N9O12S. The molecule has 21 nitrogen and oxygen atoms in total. The molecular weight excluding hydrogens is 831 g/mol. The van der Waals surface area contributed by atoms with Crippen LogP contribution in [-0.4, -0.2) is 124 Å². The summed E-state index contributed by atoms with van der Waals surface area (Å²) in [6, 6.07) is 6.53. The molecule has 8 unspecified atom stereocenters. The minimum Gasteiger partial charge on any atom is -0.508 e. The summed E-state index contributed by atoms with van der Waals surface area (Å²) in [5.74, 6) is -3.98. The van der Waals surface area contributed by atoms with Crippen molar-refractivity contribution in [3.8, 4) is 5.75 Å². The molecule has 0 bridgehead atoms. The van der Waals surface area contributed by atoms with E-state index in [0.29, 0.717) is 11.1 Å². The van der Waals surface area contributed by atoms with Crippen LogP contribution in [0.2, 0.25) is 0 Å². The molecule has 62 heavy (non-hydrogen) atoms. The number of carboxylic acids is 1. The summed E-state index contributed by atoms with van der Waals surface area (Å²) >= 11 is 0. The molecule has 0 aliphatic carbocycles. The van der Waals surface area contributed by atoms with Crippen LogP contribution in [-0.2, 0) is 47.6 Å². The monoisotopic (exact) mass is 879 g/mol. The number of phenols is 1. The summed E-state index contributed by atoms with van der Waals surface area (Å²) < 4.78 is 18.8. The minimum absolute atomic E-state index is 0.00570. The molecule has 5 amide bonds. The number of rotatable bonds is 18. The molecule has 1 fully saturated rings. The van der Waals surface area contributed by atoms with Gasteiger partial charge in [0, 0.05) is 78.3 Å². The Morgan fingerprint density at radius 1 is 1.03 bits per heavy atom. The molecule has 332 valence electrons. The number of nitrogens with zero attached hydrogens (tertiary/aromatic N) is 2. The Kier molecular flexibility index (Phi) is 15.4. The maximum absolute atomic E-state index is 14.1. The van der Waals surface area contributed by atoms with Crippen LogP contribution in [0, 0.1) is 0 Å². The van der Waals surface area contributed by atoms with E-state index in [9.17, 15) is 53.1 Å². The smallest absolute Gasteiger partial charge is 0.331 e. The Hall–Kier alpha value is -6.78. The second-order valence-electron chi connectivity index (χ2n) is 14.8. The number of carboxylic acid groups (broad SMARTS) is 1. The van der Waals surface area contributed by atoms with Crippen LogP contribution >= 0.6 is 0 Å². The van der Waals surface area contributed by atoms with Gasteiger partial charge in [0.25, 0.3) is 5.56 Å². The maximum atomic E-state index is 14.1. The zero-order chi connectivity index (χ0) is 45.2. The molecule has 4 aromatic rings. The fourth-order valence-electron chi connectivity index (χ4n) is 6.79. The van der Waals surface area contributed by atoms with Crippen LogP contribution < -0.4 is 38.2 Å². The van der Waals surface area contributed by atoms with Crippen LogP contribution in [0.25, 0.3) is 10.9 Å². The number of H-pyrrole nitrogens is 2. The van der Waals surface area contributed by atoms with Crippen molar-refractivity contribution < 1.29 is 48.2 Å². The molecule has 5 rings (SSSR count). The predicted octanol–water partition coefficient (Wildman–Crippen LogP) is -1.01. The normalized spacial score (nSPS) is 18.4. The largest absolute Gasteiger partial charge is 0.508 e. The molecule has 2 aromatic carbocycles. The number of carbonyl (C=O) groups excluding carboxylic acids is 4. The molecule has 3 heterocycles. The summed E-state index contributed by atoms with van der Waals surface area (Å²) in [4.78, 5) is 97.5. The van der Waals surface area contributed by atoms with Gasteiger partial charge < -0.3 is 56.9 Å². The van der Waals surface area contributed by atoms with Crippen LogP contribution in [0.15, 0.2) is 88.5 Å². The molecule has 2 aromatic heterocycles. The highest BCUT2D eigenvalue weighted by molar-refractivity contribution is 7.84. The first-order valence-electron chi connectivity index (χ1n) is 19.3. The van der Waals surface area contributed by atoms with Gasteiger partial charge in [-0.2, -0.15) is 0 Å². The summed E-state index contributed by atoms with van der Waals surface area (Å²) in [7, 11) is -0.104. The van der Waals surface area contributed by atoms with Crippen LogP contribution in [0.1, 0.15) is 37.1 Å². The minimum atomic E-state index is -1.58. The third-order valence-corrected chi connectivity index (χ3v) is 11.0. The van der Waals surface area contributed by atoms with Gasteiger partial charge in [-0.3, -0.25) is 32.9 Å². The molecule has 11 N–H and O–H groups in total. The molecule has 22 heteroatoms. The van der Waals surface area contributed by atoms with E-state index >= 15 is 0 Å². The molecule has 0 radical (unpaired) electrons. The Labute approximate surface area is 356 Å². The first-order chi connectivity index (χ1) is 29.4. The van der Waals surface area contributed by atoms with Crippen LogP contribution in [0.4, 0.5) is 4.79 Å². The number of carbonyl (C=O) groups is 5. The van der Waals surface area contributed by atoms with Gasteiger partial charge in [0.1, 0.15) is 35.7 Å². The van der Waals surface area contributed by atoms with Crippen molar-refractivity contribution in [1.29, 1.82) is 0 Å². The summed E-state index contributed by atoms with van der Waals surface area (Å²) in [6.07, 6.45) is 2.18. The zero-order valence-electron chi connectivity index (χ0n) is 33.9. The van der Waals surface area contributed by atoms with E-state index in [1.807, 2.05) is 6.07 Å². The number of phenolic OH excluding ortho intramolecular Hbond substituents is 1. The van der Waals surface area contributed by atoms with Crippen molar-refractivity contribution >= 4 is 51.4 Å². The van der Waals surface area contributed by atoms with E-state index in [4.69, 9.17) is 10.5 Å². The Morgan fingerprint density at radius 3 is 2.45 bits per heavy atom. The van der Waals surface area contributed by atoms with E-state index in [0.717, 1.165) is 38.8 Å². The third-order valence-electron chi connectivity index (χ3n) is 10.2. The number of nitrogens with one attached hydrogen (secondary N) is 6. The number of amides is 5. The van der Waals surface area contributed by atoms with Crippen molar-refractivity contribution in [3.63, 3.8) is 0 Å². The van der Waals surface area contributed by atoms with Crippen molar-refractivity contribution in [2.24, 2.45) is 5.73 Å². The van der Waals surface area contributed by atoms with Crippen molar-refractivity contribution in [1.82, 2.24) is 40.7 Å². The first-order valence-corrected chi connectivity index (χ1v) is 21.1. The highest BCUT2D eigenvalue weighted by Gasteiger charge is 2.37. The number of aliphatic carboxylic acids is 1. The number of fused-ring (bicyclic) bond motifs is 1. The van der Waals surface area contributed by atoms with E-state index in [1.165, 1.54) is 32.4 Å².